The molecule has 3 heterocycles. The molecular weight excluding hydrogens is 330 g/mol. The molecule has 0 radical (unpaired) electrons. The van der Waals surface area contributed by atoms with Crippen molar-refractivity contribution in [2.45, 2.75) is 25.7 Å². The van der Waals surface area contributed by atoms with Crippen molar-refractivity contribution >= 4 is 16.0 Å². The van der Waals surface area contributed by atoms with Crippen LogP contribution in [0.1, 0.15) is 25.0 Å². The minimum atomic E-state index is -3.37. The van der Waals surface area contributed by atoms with Gasteiger partial charge in [0.2, 0.25) is 0 Å². The summed E-state index contributed by atoms with van der Waals surface area (Å²) in [5, 5.41) is 0. The molecule has 3 rings (SSSR count). The van der Waals surface area contributed by atoms with Gasteiger partial charge < -0.3 is 10.5 Å². The van der Waals surface area contributed by atoms with E-state index >= 15 is 0 Å². The quantitative estimate of drug-likeness (QED) is 0.832. The van der Waals surface area contributed by atoms with Crippen molar-refractivity contribution in [2.75, 3.05) is 45.1 Å². The minimum Gasteiger partial charge on any atom is -0.382 e. The molecule has 8 nitrogen and oxygen atoms in total. The van der Waals surface area contributed by atoms with E-state index in [9.17, 15) is 8.42 Å². The molecule has 24 heavy (non-hydrogen) atoms. The number of nitrogens with two attached hydrogens (primary N) is 1. The van der Waals surface area contributed by atoms with Crippen molar-refractivity contribution in [1.29, 1.82) is 0 Å². The van der Waals surface area contributed by atoms with Gasteiger partial charge in [0.25, 0.3) is 10.2 Å². The normalized spacial score (nSPS) is 24.6. The second-order valence-electron chi connectivity index (χ2n) is 6.35. The van der Waals surface area contributed by atoms with Crippen molar-refractivity contribution < 1.29 is 13.2 Å². The van der Waals surface area contributed by atoms with Crippen LogP contribution >= 0.6 is 0 Å². The fourth-order valence-corrected chi connectivity index (χ4v) is 4.91. The van der Waals surface area contributed by atoms with Crippen molar-refractivity contribution in [3.8, 4) is 0 Å². The van der Waals surface area contributed by atoms with Gasteiger partial charge in [0, 0.05) is 26.2 Å². The molecule has 1 aromatic heterocycles. The summed E-state index contributed by atoms with van der Waals surface area (Å²) >= 11 is 0. The monoisotopic (exact) mass is 355 g/mol. The SMILES string of the molecule is Nc1cnc(C[C@H]2CCCN(S(=O)(=O)N3CCOCC3)CC2)cn1. The van der Waals surface area contributed by atoms with Crippen molar-refractivity contribution in [3.05, 3.63) is 18.1 Å². The summed E-state index contributed by atoms with van der Waals surface area (Å²) in [6.07, 6.45) is 6.82. The summed E-state index contributed by atoms with van der Waals surface area (Å²) in [6.45, 7) is 3.00. The molecule has 0 aliphatic carbocycles. The molecule has 2 aliphatic rings. The smallest absolute Gasteiger partial charge is 0.282 e. The fraction of sp³-hybridized carbons (Fsp3) is 0.733. The first-order valence-corrected chi connectivity index (χ1v) is 9.85. The summed E-state index contributed by atoms with van der Waals surface area (Å²) in [6, 6.07) is 0. The number of nitrogens with zero attached hydrogens (tertiary/aromatic N) is 4. The molecule has 0 saturated carbocycles. The third-order valence-electron chi connectivity index (χ3n) is 4.65. The van der Waals surface area contributed by atoms with Gasteiger partial charge in [0.1, 0.15) is 5.82 Å². The van der Waals surface area contributed by atoms with E-state index in [1.54, 1.807) is 21.0 Å². The van der Waals surface area contributed by atoms with Crippen LogP contribution in [0.15, 0.2) is 12.4 Å². The molecule has 1 aromatic rings. The average molecular weight is 355 g/mol. The molecule has 9 heteroatoms. The number of ether oxygens (including phenoxy) is 1. The zero-order chi connectivity index (χ0) is 17.0. The summed E-state index contributed by atoms with van der Waals surface area (Å²) in [5.74, 6) is 0.843. The molecule has 134 valence electrons. The molecule has 2 N–H and O–H groups in total. The van der Waals surface area contributed by atoms with Crippen LogP contribution in [0.5, 0.6) is 0 Å². The van der Waals surface area contributed by atoms with E-state index < -0.39 is 10.2 Å². The Morgan fingerprint density at radius 1 is 1.08 bits per heavy atom. The van der Waals surface area contributed by atoms with E-state index in [1.165, 1.54) is 0 Å². The average Bonchev–Trinajstić information content (AvgIpc) is 2.84. The van der Waals surface area contributed by atoms with Crippen LogP contribution in [0, 0.1) is 5.92 Å². The standard InChI is InChI=1S/C15H25N5O3S/c16-15-12-17-14(11-18-15)10-13-2-1-4-19(5-3-13)24(21,22)20-6-8-23-9-7-20/h11-13H,1-10H2,(H2,16,18)/t13-/m0/s1. The second-order valence-corrected chi connectivity index (χ2v) is 8.28. The molecule has 2 fully saturated rings. The first-order valence-electron chi connectivity index (χ1n) is 8.45. The maximum atomic E-state index is 12.8. The Kier molecular flexibility index (Phi) is 5.65. The van der Waals surface area contributed by atoms with Gasteiger partial charge in [0.05, 0.1) is 31.3 Å². The Morgan fingerprint density at radius 3 is 2.54 bits per heavy atom. The number of hydrogen-bond donors (Lipinski definition) is 1. The first kappa shape index (κ1) is 17.5. The van der Waals surface area contributed by atoms with Crippen LogP contribution in [0.25, 0.3) is 0 Å². The first-order chi connectivity index (χ1) is 11.6. The molecule has 0 bridgehead atoms. The van der Waals surface area contributed by atoms with E-state index in [-0.39, 0.29) is 0 Å². The minimum absolute atomic E-state index is 0.419. The Hall–Kier alpha value is -1.29. The van der Waals surface area contributed by atoms with Crippen molar-refractivity contribution in [3.63, 3.8) is 0 Å². The highest BCUT2D eigenvalue weighted by Crippen LogP contribution is 2.24. The summed E-state index contributed by atoms with van der Waals surface area (Å²) < 4.78 is 33.9. The molecule has 0 amide bonds. The number of aromatic nitrogens is 2. The van der Waals surface area contributed by atoms with E-state index in [0.29, 0.717) is 51.1 Å². The second kappa shape index (κ2) is 7.73. The van der Waals surface area contributed by atoms with Crippen LogP contribution in [0.2, 0.25) is 0 Å². The van der Waals surface area contributed by atoms with Crippen LogP contribution in [0.4, 0.5) is 5.82 Å². The van der Waals surface area contributed by atoms with Gasteiger partial charge in [-0.05, 0) is 31.6 Å². The Bertz CT molecular complexity index is 631. The van der Waals surface area contributed by atoms with Gasteiger partial charge in [-0.2, -0.15) is 17.0 Å². The Balaban J connectivity index is 1.59. The summed E-state index contributed by atoms with van der Waals surface area (Å²) in [5.41, 5.74) is 6.48. The topological polar surface area (TPSA) is 102 Å². The fourth-order valence-electron chi connectivity index (χ4n) is 3.28. The lowest BCUT2D eigenvalue weighted by molar-refractivity contribution is 0.0702. The van der Waals surface area contributed by atoms with Crippen LogP contribution in [0.3, 0.4) is 0 Å². The number of rotatable bonds is 4. The number of anilines is 1. The van der Waals surface area contributed by atoms with Gasteiger partial charge >= 0.3 is 0 Å². The van der Waals surface area contributed by atoms with Gasteiger partial charge in [-0.3, -0.25) is 4.98 Å². The van der Waals surface area contributed by atoms with E-state index in [0.717, 1.165) is 31.4 Å². The lowest BCUT2D eigenvalue weighted by Crippen LogP contribution is -2.48. The largest absolute Gasteiger partial charge is 0.382 e. The lowest BCUT2D eigenvalue weighted by atomic mass is 9.95. The molecule has 0 spiro atoms. The van der Waals surface area contributed by atoms with Crippen molar-refractivity contribution in [2.24, 2.45) is 5.92 Å². The van der Waals surface area contributed by atoms with E-state index in [4.69, 9.17) is 10.5 Å². The predicted molar refractivity (Wildman–Crippen MR) is 90.4 cm³/mol. The van der Waals surface area contributed by atoms with Crippen LogP contribution in [-0.2, 0) is 21.4 Å². The number of morpholine rings is 1. The molecule has 2 aliphatic heterocycles. The third-order valence-corrected chi connectivity index (χ3v) is 6.69. The zero-order valence-electron chi connectivity index (χ0n) is 13.8. The highest BCUT2D eigenvalue weighted by atomic mass is 32.2. The maximum Gasteiger partial charge on any atom is 0.282 e. The van der Waals surface area contributed by atoms with Gasteiger partial charge in [-0.1, -0.05) is 0 Å². The third kappa shape index (κ3) is 4.21. The summed E-state index contributed by atoms with van der Waals surface area (Å²) in [7, 11) is -3.37. The summed E-state index contributed by atoms with van der Waals surface area (Å²) in [4.78, 5) is 8.38. The van der Waals surface area contributed by atoms with Gasteiger partial charge in [-0.15, -0.1) is 0 Å². The maximum absolute atomic E-state index is 12.8. The van der Waals surface area contributed by atoms with Crippen molar-refractivity contribution in [1.82, 2.24) is 18.6 Å². The van der Waals surface area contributed by atoms with Crippen LogP contribution in [-0.4, -0.2) is 66.4 Å². The molecule has 1 atom stereocenters. The Morgan fingerprint density at radius 2 is 1.83 bits per heavy atom. The zero-order valence-corrected chi connectivity index (χ0v) is 14.6. The molecule has 2 saturated heterocycles. The highest BCUT2D eigenvalue weighted by Gasteiger charge is 2.32. The molecule has 0 unspecified atom stereocenters. The number of hydrogen-bond acceptors (Lipinski definition) is 6. The predicted octanol–water partition coefficient (Wildman–Crippen LogP) is 0.280. The van der Waals surface area contributed by atoms with E-state index in [1.807, 2.05) is 0 Å². The molecular formula is C15H25N5O3S. The van der Waals surface area contributed by atoms with Crippen LogP contribution < -0.4 is 5.73 Å². The highest BCUT2D eigenvalue weighted by molar-refractivity contribution is 7.86. The number of nitrogen functional groups attached to an aromatic ring is 1. The van der Waals surface area contributed by atoms with Gasteiger partial charge in [-0.25, -0.2) is 4.98 Å². The lowest BCUT2D eigenvalue weighted by Gasteiger charge is -2.31. The van der Waals surface area contributed by atoms with Gasteiger partial charge in [0.15, 0.2) is 0 Å². The Labute approximate surface area is 143 Å². The van der Waals surface area contributed by atoms with E-state index in [2.05, 4.69) is 9.97 Å². The molecule has 0 aromatic carbocycles.